The first-order chi connectivity index (χ1) is 6.36. The number of hydrogen-bond donors (Lipinski definition) is 0. The summed E-state index contributed by atoms with van der Waals surface area (Å²) >= 11 is 0. The minimum atomic E-state index is 1.01. The van der Waals surface area contributed by atoms with Crippen molar-refractivity contribution in [3.8, 4) is 0 Å². The second-order valence-corrected chi connectivity index (χ2v) is 3.19. The van der Waals surface area contributed by atoms with Crippen LogP contribution in [0, 0.1) is 0 Å². The quantitative estimate of drug-likeness (QED) is 0.592. The van der Waals surface area contributed by atoms with Crippen molar-refractivity contribution in [2.45, 2.75) is 39.5 Å². The number of ether oxygens (including phenoxy) is 1. The third kappa shape index (κ3) is 3.49. The largest absolute Gasteiger partial charge is 0.462 e. The van der Waals surface area contributed by atoms with Crippen LogP contribution in [0.4, 0.5) is 0 Å². The molecule has 0 heterocycles. The van der Waals surface area contributed by atoms with E-state index in [0.717, 1.165) is 37.2 Å². The zero-order valence-corrected chi connectivity index (χ0v) is 8.55. The Morgan fingerprint density at radius 2 is 2.38 bits per heavy atom. The molecular formula is C12H18O. The summed E-state index contributed by atoms with van der Waals surface area (Å²) in [5.41, 5.74) is 0. The van der Waals surface area contributed by atoms with Crippen molar-refractivity contribution >= 4 is 0 Å². The van der Waals surface area contributed by atoms with Crippen LogP contribution in [0.25, 0.3) is 0 Å². The van der Waals surface area contributed by atoms with Gasteiger partial charge in [0.25, 0.3) is 0 Å². The lowest BCUT2D eigenvalue weighted by molar-refractivity contribution is 0.300. The van der Waals surface area contributed by atoms with E-state index < -0.39 is 0 Å². The number of rotatable bonds is 4. The summed E-state index contributed by atoms with van der Waals surface area (Å²) in [4.78, 5) is 0. The summed E-state index contributed by atoms with van der Waals surface area (Å²) in [7, 11) is 0. The zero-order valence-electron chi connectivity index (χ0n) is 8.55. The summed E-state index contributed by atoms with van der Waals surface area (Å²) in [5.74, 6) is 2.09. The lowest BCUT2D eigenvalue weighted by Gasteiger charge is -2.11. The Kier molecular flexibility index (Phi) is 4.37. The molecule has 0 radical (unpaired) electrons. The van der Waals surface area contributed by atoms with Gasteiger partial charge < -0.3 is 4.74 Å². The van der Waals surface area contributed by atoms with E-state index in [1.54, 1.807) is 0 Å². The molecule has 0 aromatic heterocycles. The van der Waals surface area contributed by atoms with Crippen molar-refractivity contribution in [3.05, 3.63) is 35.8 Å². The van der Waals surface area contributed by atoms with Gasteiger partial charge in [-0.15, -0.1) is 0 Å². The molecule has 0 amide bonds. The van der Waals surface area contributed by atoms with E-state index in [4.69, 9.17) is 4.74 Å². The van der Waals surface area contributed by atoms with Gasteiger partial charge in [-0.3, -0.25) is 0 Å². The third-order valence-electron chi connectivity index (χ3n) is 2.03. The van der Waals surface area contributed by atoms with Gasteiger partial charge in [0, 0.05) is 6.42 Å². The second-order valence-electron chi connectivity index (χ2n) is 3.19. The van der Waals surface area contributed by atoms with Crippen LogP contribution in [0.3, 0.4) is 0 Å². The maximum absolute atomic E-state index is 5.72. The molecule has 0 saturated carbocycles. The standard InChI is InChI=1S/C12H18O/c1-3-8-11(4-2)13-12-9-6-5-7-10-12/h4,6,9-10H,3,5,7-8H2,1-2H3/b11-4+. The molecule has 1 aliphatic carbocycles. The van der Waals surface area contributed by atoms with Crippen LogP contribution in [0.1, 0.15) is 39.5 Å². The van der Waals surface area contributed by atoms with Gasteiger partial charge in [0.2, 0.25) is 0 Å². The average Bonchev–Trinajstić information content (AvgIpc) is 2.19. The highest BCUT2D eigenvalue weighted by Gasteiger charge is 2.01. The van der Waals surface area contributed by atoms with Crippen LogP contribution in [-0.4, -0.2) is 0 Å². The first-order valence-electron chi connectivity index (χ1n) is 5.06. The van der Waals surface area contributed by atoms with E-state index in [2.05, 4.69) is 25.2 Å². The van der Waals surface area contributed by atoms with Crippen molar-refractivity contribution in [3.63, 3.8) is 0 Å². The summed E-state index contributed by atoms with van der Waals surface area (Å²) in [5, 5.41) is 0. The SMILES string of the molecule is C/C=C(\CCC)OC1=CCCC=C1. The van der Waals surface area contributed by atoms with Crippen molar-refractivity contribution < 1.29 is 4.74 Å². The molecule has 0 bridgehead atoms. The van der Waals surface area contributed by atoms with E-state index in [1.807, 2.05) is 13.0 Å². The van der Waals surface area contributed by atoms with E-state index in [0.29, 0.717) is 0 Å². The first kappa shape index (κ1) is 10.1. The van der Waals surface area contributed by atoms with Gasteiger partial charge in [-0.25, -0.2) is 0 Å². The fourth-order valence-corrected chi connectivity index (χ4v) is 1.32. The number of allylic oxidation sites excluding steroid dienone is 5. The molecule has 0 saturated heterocycles. The molecule has 0 aromatic carbocycles. The van der Waals surface area contributed by atoms with Crippen LogP contribution in [-0.2, 0) is 4.74 Å². The molecular weight excluding hydrogens is 160 g/mol. The molecule has 0 N–H and O–H groups in total. The van der Waals surface area contributed by atoms with Gasteiger partial charge in [-0.05, 0) is 44.4 Å². The van der Waals surface area contributed by atoms with E-state index in [1.165, 1.54) is 0 Å². The molecule has 72 valence electrons. The Labute approximate surface area is 80.8 Å². The van der Waals surface area contributed by atoms with Gasteiger partial charge in [0.1, 0.15) is 5.76 Å². The first-order valence-corrected chi connectivity index (χ1v) is 5.06. The maximum atomic E-state index is 5.72. The van der Waals surface area contributed by atoms with E-state index >= 15 is 0 Å². The fourth-order valence-electron chi connectivity index (χ4n) is 1.32. The Balaban J connectivity index is 2.46. The molecule has 0 fully saturated rings. The number of hydrogen-bond acceptors (Lipinski definition) is 1. The van der Waals surface area contributed by atoms with Crippen molar-refractivity contribution in [1.82, 2.24) is 0 Å². The van der Waals surface area contributed by atoms with Crippen LogP contribution in [0.5, 0.6) is 0 Å². The van der Waals surface area contributed by atoms with Gasteiger partial charge in [0.05, 0.1) is 5.76 Å². The summed E-state index contributed by atoms with van der Waals surface area (Å²) in [6.45, 7) is 4.19. The minimum absolute atomic E-state index is 1.01. The predicted molar refractivity (Wildman–Crippen MR) is 56.2 cm³/mol. The van der Waals surface area contributed by atoms with E-state index in [-0.39, 0.29) is 0 Å². The van der Waals surface area contributed by atoms with Crippen molar-refractivity contribution in [2.24, 2.45) is 0 Å². The monoisotopic (exact) mass is 178 g/mol. The van der Waals surface area contributed by atoms with Gasteiger partial charge in [-0.1, -0.05) is 13.0 Å². The Morgan fingerprint density at radius 3 is 2.92 bits per heavy atom. The third-order valence-corrected chi connectivity index (χ3v) is 2.03. The summed E-state index contributed by atoms with van der Waals surface area (Å²) in [6.07, 6.45) is 12.8. The lowest BCUT2D eigenvalue weighted by atomic mass is 10.2. The van der Waals surface area contributed by atoms with Gasteiger partial charge >= 0.3 is 0 Å². The summed E-state index contributed by atoms with van der Waals surface area (Å²) in [6, 6.07) is 0. The molecule has 1 aliphatic rings. The van der Waals surface area contributed by atoms with Crippen LogP contribution in [0.2, 0.25) is 0 Å². The lowest BCUT2D eigenvalue weighted by Crippen LogP contribution is -1.93. The van der Waals surface area contributed by atoms with Gasteiger partial charge in [0.15, 0.2) is 0 Å². The normalized spacial score (nSPS) is 17.1. The molecule has 0 atom stereocenters. The Bertz CT molecular complexity index is 234. The molecule has 0 unspecified atom stereocenters. The van der Waals surface area contributed by atoms with Crippen LogP contribution in [0.15, 0.2) is 35.8 Å². The Hall–Kier alpha value is -0.980. The minimum Gasteiger partial charge on any atom is -0.462 e. The smallest absolute Gasteiger partial charge is 0.122 e. The maximum Gasteiger partial charge on any atom is 0.122 e. The molecule has 1 rings (SSSR count). The average molecular weight is 178 g/mol. The Morgan fingerprint density at radius 1 is 1.54 bits per heavy atom. The highest BCUT2D eigenvalue weighted by molar-refractivity contribution is 5.18. The second kappa shape index (κ2) is 5.63. The molecule has 0 aromatic rings. The highest BCUT2D eigenvalue weighted by Crippen LogP contribution is 2.17. The van der Waals surface area contributed by atoms with E-state index in [9.17, 15) is 0 Å². The highest BCUT2D eigenvalue weighted by atomic mass is 16.5. The predicted octanol–water partition coefficient (Wildman–Crippen LogP) is 3.94. The molecule has 1 heteroatoms. The molecule has 1 nitrogen and oxygen atoms in total. The molecule has 0 spiro atoms. The van der Waals surface area contributed by atoms with Crippen molar-refractivity contribution in [2.75, 3.05) is 0 Å². The van der Waals surface area contributed by atoms with Crippen LogP contribution < -0.4 is 0 Å². The molecule has 0 aliphatic heterocycles. The summed E-state index contributed by atoms with van der Waals surface area (Å²) < 4.78 is 5.72. The topological polar surface area (TPSA) is 9.23 Å². The van der Waals surface area contributed by atoms with Crippen LogP contribution >= 0.6 is 0 Å². The fraction of sp³-hybridized carbons (Fsp3) is 0.500. The zero-order chi connectivity index (χ0) is 9.52. The molecule has 13 heavy (non-hydrogen) atoms. The van der Waals surface area contributed by atoms with Crippen molar-refractivity contribution in [1.29, 1.82) is 0 Å². The van der Waals surface area contributed by atoms with Gasteiger partial charge in [-0.2, -0.15) is 0 Å².